The summed E-state index contributed by atoms with van der Waals surface area (Å²) in [6.07, 6.45) is 1.85. The Morgan fingerprint density at radius 2 is 1.88 bits per heavy atom. The summed E-state index contributed by atoms with van der Waals surface area (Å²) in [7, 11) is 0. The summed E-state index contributed by atoms with van der Waals surface area (Å²) in [5.74, 6) is 0.524. The molecule has 0 saturated heterocycles. The zero-order chi connectivity index (χ0) is 24.2. The Hall–Kier alpha value is -3.37. The highest BCUT2D eigenvalue weighted by atomic mass is 79.9. The van der Waals surface area contributed by atoms with Crippen molar-refractivity contribution in [3.63, 3.8) is 0 Å². The predicted molar refractivity (Wildman–Crippen MR) is 138 cm³/mol. The predicted octanol–water partition coefficient (Wildman–Crippen LogP) is 5.85. The number of fused-ring (bicyclic) bond motifs is 1. The van der Waals surface area contributed by atoms with Crippen LogP contribution in [0.15, 0.2) is 79.5 Å². The second-order valence-electron chi connectivity index (χ2n) is 7.28. The minimum Gasteiger partial charge on any atom is -0.481 e. The standard InChI is InChI=1S/C24H18Br2N4O4/c1-2-22-28-20-9-8-17(25)11-19(20)24(31)29(22)27-13-16-10-18(26)12-21(30(32)33)23(16)34-14-15-6-4-3-5-7-15/h3-13H,2,14H2,1H3. The van der Waals surface area contributed by atoms with Crippen LogP contribution >= 0.6 is 31.9 Å². The van der Waals surface area contributed by atoms with E-state index >= 15 is 0 Å². The number of nitrogens with zero attached hydrogens (tertiary/aromatic N) is 4. The van der Waals surface area contributed by atoms with E-state index in [4.69, 9.17) is 4.74 Å². The maximum Gasteiger partial charge on any atom is 0.312 e. The van der Waals surface area contributed by atoms with Gasteiger partial charge in [-0.3, -0.25) is 14.9 Å². The molecule has 1 aromatic heterocycles. The quantitative estimate of drug-likeness (QED) is 0.154. The highest BCUT2D eigenvalue weighted by Crippen LogP contribution is 2.34. The summed E-state index contributed by atoms with van der Waals surface area (Å²) in [6.45, 7) is 2.01. The maximum absolute atomic E-state index is 13.2. The topological polar surface area (TPSA) is 99.6 Å². The van der Waals surface area contributed by atoms with Gasteiger partial charge in [0.15, 0.2) is 0 Å². The second-order valence-corrected chi connectivity index (χ2v) is 9.11. The number of rotatable bonds is 7. The Morgan fingerprint density at radius 1 is 1.12 bits per heavy atom. The first-order valence-electron chi connectivity index (χ1n) is 10.3. The highest BCUT2D eigenvalue weighted by molar-refractivity contribution is 9.10. The van der Waals surface area contributed by atoms with E-state index in [2.05, 4.69) is 41.9 Å². The second kappa shape index (κ2) is 10.3. The molecule has 172 valence electrons. The summed E-state index contributed by atoms with van der Waals surface area (Å²) in [6, 6.07) is 17.6. The molecule has 4 rings (SSSR count). The van der Waals surface area contributed by atoms with Crippen LogP contribution in [0, 0.1) is 10.1 Å². The number of hydrogen-bond donors (Lipinski definition) is 0. The molecule has 0 saturated carbocycles. The van der Waals surface area contributed by atoms with E-state index in [0.29, 0.717) is 33.2 Å². The monoisotopic (exact) mass is 584 g/mol. The van der Waals surface area contributed by atoms with Crippen molar-refractivity contribution in [2.45, 2.75) is 20.0 Å². The zero-order valence-corrected chi connectivity index (χ0v) is 21.1. The summed E-state index contributed by atoms with van der Waals surface area (Å²) in [5, 5.41) is 16.5. The first-order valence-corrected chi connectivity index (χ1v) is 11.9. The molecule has 0 spiro atoms. The molecule has 0 aliphatic carbocycles. The number of halogens is 2. The van der Waals surface area contributed by atoms with Crippen LogP contribution in [0.4, 0.5) is 5.69 Å². The number of hydrogen-bond acceptors (Lipinski definition) is 6. The van der Waals surface area contributed by atoms with Crippen molar-refractivity contribution >= 4 is 54.7 Å². The number of nitro groups is 1. The van der Waals surface area contributed by atoms with Crippen molar-refractivity contribution in [1.29, 1.82) is 0 Å². The lowest BCUT2D eigenvalue weighted by Gasteiger charge is -2.11. The molecule has 1 heterocycles. The van der Waals surface area contributed by atoms with Gasteiger partial charge in [-0.2, -0.15) is 9.78 Å². The summed E-state index contributed by atoms with van der Waals surface area (Å²) < 4.78 is 8.31. The van der Waals surface area contributed by atoms with Crippen LogP contribution < -0.4 is 10.3 Å². The molecule has 0 unspecified atom stereocenters. The fourth-order valence-corrected chi connectivity index (χ4v) is 4.21. The van der Waals surface area contributed by atoms with E-state index in [1.165, 1.54) is 17.0 Å². The van der Waals surface area contributed by atoms with Crippen LogP contribution in [0.25, 0.3) is 10.9 Å². The first kappa shape index (κ1) is 23.8. The van der Waals surface area contributed by atoms with Crippen LogP contribution in [-0.2, 0) is 13.0 Å². The number of aromatic nitrogens is 2. The minimum absolute atomic E-state index is 0.0587. The molecule has 0 aliphatic heterocycles. The van der Waals surface area contributed by atoms with E-state index < -0.39 is 4.92 Å². The molecule has 0 N–H and O–H groups in total. The molecule has 8 nitrogen and oxygen atoms in total. The van der Waals surface area contributed by atoms with Gasteiger partial charge in [0.25, 0.3) is 5.56 Å². The average molecular weight is 586 g/mol. The van der Waals surface area contributed by atoms with Crippen molar-refractivity contribution < 1.29 is 9.66 Å². The fraction of sp³-hybridized carbons (Fsp3) is 0.125. The molecule has 4 aromatic rings. The Morgan fingerprint density at radius 3 is 2.59 bits per heavy atom. The van der Waals surface area contributed by atoms with Crippen molar-refractivity contribution in [2.24, 2.45) is 5.10 Å². The van der Waals surface area contributed by atoms with Crippen molar-refractivity contribution in [3.05, 3.63) is 107 Å². The highest BCUT2D eigenvalue weighted by Gasteiger charge is 2.21. The van der Waals surface area contributed by atoms with Gasteiger partial charge in [0.2, 0.25) is 5.75 Å². The third-order valence-electron chi connectivity index (χ3n) is 4.99. The van der Waals surface area contributed by atoms with Gasteiger partial charge >= 0.3 is 5.69 Å². The smallest absolute Gasteiger partial charge is 0.312 e. The number of ether oxygens (including phenoxy) is 1. The van der Waals surface area contributed by atoms with Crippen molar-refractivity contribution in [2.75, 3.05) is 0 Å². The van der Waals surface area contributed by atoms with Crippen molar-refractivity contribution in [1.82, 2.24) is 9.66 Å². The van der Waals surface area contributed by atoms with Crippen molar-refractivity contribution in [3.8, 4) is 5.75 Å². The van der Waals surface area contributed by atoms with Gasteiger partial charge in [-0.15, -0.1) is 0 Å². The number of benzene rings is 3. The van der Waals surface area contributed by atoms with E-state index in [9.17, 15) is 14.9 Å². The Bertz CT molecular complexity index is 1470. The van der Waals surface area contributed by atoms with E-state index in [0.717, 1.165) is 10.0 Å². The Kier molecular flexibility index (Phi) is 7.18. The van der Waals surface area contributed by atoms with Gasteiger partial charge < -0.3 is 4.74 Å². The fourth-order valence-electron chi connectivity index (χ4n) is 3.38. The lowest BCUT2D eigenvalue weighted by atomic mass is 10.2. The van der Waals surface area contributed by atoms with E-state index in [1.807, 2.05) is 43.3 Å². The zero-order valence-electron chi connectivity index (χ0n) is 17.9. The minimum atomic E-state index is -0.513. The SMILES string of the molecule is CCc1nc2ccc(Br)cc2c(=O)n1N=Cc1cc(Br)cc([N+](=O)[O-])c1OCc1ccccc1. The number of aryl methyl sites for hydroxylation is 1. The number of nitro benzene ring substituents is 1. The largest absolute Gasteiger partial charge is 0.481 e. The van der Waals surface area contributed by atoms with Crippen LogP contribution in [0.3, 0.4) is 0 Å². The third-order valence-corrected chi connectivity index (χ3v) is 5.94. The van der Waals surface area contributed by atoms with Gasteiger partial charge in [-0.25, -0.2) is 4.98 Å². The van der Waals surface area contributed by atoms with E-state index in [-0.39, 0.29) is 23.6 Å². The summed E-state index contributed by atoms with van der Waals surface area (Å²) >= 11 is 6.69. The normalized spacial score (nSPS) is 11.3. The molecule has 0 amide bonds. The Labute approximate surface area is 211 Å². The van der Waals surface area contributed by atoms with Gasteiger partial charge in [-0.1, -0.05) is 69.1 Å². The van der Waals surface area contributed by atoms with Gasteiger partial charge in [0.1, 0.15) is 12.4 Å². The Balaban J connectivity index is 1.81. The third kappa shape index (κ3) is 5.07. The van der Waals surface area contributed by atoms with Crippen LogP contribution in [0.2, 0.25) is 0 Å². The molecule has 0 aliphatic rings. The molecule has 10 heteroatoms. The first-order chi connectivity index (χ1) is 16.4. The molecule has 0 atom stereocenters. The van der Waals surface area contributed by atoms with Crippen LogP contribution in [0.5, 0.6) is 5.75 Å². The lowest BCUT2D eigenvalue weighted by Crippen LogP contribution is -2.22. The summed E-state index contributed by atoms with van der Waals surface area (Å²) in [4.78, 5) is 28.9. The molecular formula is C24H18Br2N4O4. The molecule has 3 aromatic carbocycles. The molecule has 0 radical (unpaired) electrons. The van der Waals surface area contributed by atoms with Crippen LogP contribution in [-0.4, -0.2) is 20.8 Å². The maximum atomic E-state index is 13.2. The van der Waals surface area contributed by atoms with Crippen LogP contribution in [0.1, 0.15) is 23.9 Å². The van der Waals surface area contributed by atoms with Gasteiger partial charge in [0.05, 0.1) is 22.0 Å². The average Bonchev–Trinajstić information content (AvgIpc) is 2.83. The molecule has 0 bridgehead atoms. The lowest BCUT2D eigenvalue weighted by molar-refractivity contribution is -0.386. The van der Waals surface area contributed by atoms with Gasteiger partial charge in [0, 0.05) is 27.0 Å². The molecule has 34 heavy (non-hydrogen) atoms. The van der Waals surface area contributed by atoms with Gasteiger partial charge in [-0.05, 0) is 29.8 Å². The van der Waals surface area contributed by atoms with E-state index in [1.54, 1.807) is 18.2 Å². The summed E-state index contributed by atoms with van der Waals surface area (Å²) in [5.41, 5.74) is 1.23. The molecular weight excluding hydrogens is 568 g/mol. The molecule has 0 fully saturated rings.